The van der Waals surface area contributed by atoms with Gasteiger partial charge in [-0.1, -0.05) is 23.2 Å². The lowest BCUT2D eigenvalue weighted by Gasteiger charge is -2.07. The molecule has 0 radical (unpaired) electrons. The first-order chi connectivity index (χ1) is 7.56. The van der Waals surface area contributed by atoms with E-state index < -0.39 is 6.10 Å². The van der Waals surface area contributed by atoms with Crippen molar-refractivity contribution >= 4 is 45.9 Å². The monoisotopic (exact) mass is 293 g/mol. The number of rotatable bonds is 3. The highest BCUT2D eigenvalue weighted by molar-refractivity contribution is 7.20. The van der Waals surface area contributed by atoms with E-state index in [1.807, 2.05) is 12.3 Å². The molecule has 2 nitrogen and oxygen atoms in total. The fraction of sp³-hybridized carbons (Fsp3) is 0.300. The number of thiophene rings is 1. The smallest absolute Gasteiger partial charge is 0.100 e. The van der Waals surface area contributed by atoms with E-state index in [-0.39, 0.29) is 0 Å². The van der Waals surface area contributed by atoms with Crippen LogP contribution in [0.4, 0.5) is 0 Å². The maximum absolute atomic E-state index is 10.0. The summed E-state index contributed by atoms with van der Waals surface area (Å²) in [4.78, 5) is 4.30. The molecule has 0 saturated carbocycles. The summed E-state index contributed by atoms with van der Waals surface area (Å²) in [7, 11) is 0. The van der Waals surface area contributed by atoms with Gasteiger partial charge in [0, 0.05) is 17.4 Å². The summed E-state index contributed by atoms with van der Waals surface area (Å²) in [6.45, 7) is 1.94. The van der Waals surface area contributed by atoms with Gasteiger partial charge in [0.05, 0.1) is 21.1 Å². The lowest BCUT2D eigenvalue weighted by atomic mass is 10.1. The number of halogens is 2. The van der Waals surface area contributed by atoms with E-state index in [4.69, 9.17) is 23.2 Å². The number of aryl methyl sites for hydroxylation is 1. The van der Waals surface area contributed by atoms with E-state index in [0.717, 1.165) is 10.7 Å². The van der Waals surface area contributed by atoms with E-state index in [0.29, 0.717) is 20.7 Å². The van der Waals surface area contributed by atoms with Gasteiger partial charge in [-0.25, -0.2) is 4.98 Å². The minimum absolute atomic E-state index is 0.469. The Morgan fingerprint density at radius 2 is 2.25 bits per heavy atom. The number of aliphatic hydroxyl groups is 1. The van der Waals surface area contributed by atoms with Crippen molar-refractivity contribution in [3.8, 4) is 0 Å². The van der Waals surface area contributed by atoms with Crippen LogP contribution in [-0.2, 0) is 6.42 Å². The van der Waals surface area contributed by atoms with Gasteiger partial charge in [0.25, 0.3) is 0 Å². The van der Waals surface area contributed by atoms with Crippen LogP contribution in [0.25, 0.3) is 0 Å². The molecule has 0 bridgehead atoms. The van der Waals surface area contributed by atoms with Crippen LogP contribution in [-0.4, -0.2) is 10.1 Å². The van der Waals surface area contributed by atoms with Gasteiger partial charge in [-0.15, -0.1) is 22.7 Å². The van der Waals surface area contributed by atoms with E-state index in [1.165, 1.54) is 11.3 Å². The number of thiazole rings is 1. The van der Waals surface area contributed by atoms with E-state index in [1.54, 1.807) is 17.4 Å². The van der Waals surface area contributed by atoms with Crippen molar-refractivity contribution in [2.45, 2.75) is 19.4 Å². The molecule has 0 aromatic carbocycles. The molecular weight excluding hydrogens is 285 g/mol. The van der Waals surface area contributed by atoms with Gasteiger partial charge in [-0.2, -0.15) is 0 Å². The third kappa shape index (κ3) is 2.76. The summed E-state index contributed by atoms with van der Waals surface area (Å²) in [5, 5.41) is 12.9. The SMILES string of the molecule is Cc1nc(CC(O)c2cc(Cl)sc2Cl)cs1. The lowest BCUT2D eigenvalue weighted by Crippen LogP contribution is -2.01. The van der Waals surface area contributed by atoms with Crippen LogP contribution in [0, 0.1) is 6.92 Å². The van der Waals surface area contributed by atoms with Crippen molar-refractivity contribution < 1.29 is 5.11 Å². The molecule has 1 unspecified atom stereocenters. The van der Waals surface area contributed by atoms with E-state index in [2.05, 4.69) is 4.98 Å². The van der Waals surface area contributed by atoms with Crippen molar-refractivity contribution in [1.82, 2.24) is 4.98 Å². The standard InChI is InChI=1S/C10H9Cl2NOS2/c1-5-13-6(4-15-5)2-8(14)7-3-9(11)16-10(7)12/h3-4,8,14H,2H2,1H3. The molecule has 0 spiro atoms. The van der Waals surface area contributed by atoms with Gasteiger partial charge in [0.2, 0.25) is 0 Å². The lowest BCUT2D eigenvalue weighted by molar-refractivity contribution is 0.178. The quantitative estimate of drug-likeness (QED) is 0.924. The average Bonchev–Trinajstić information content (AvgIpc) is 2.73. The van der Waals surface area contributed by atoms with Gasteiger partial charge in [0.15, 0.2) is 0 Å². The zero-order chi connectivity index (χ0) is 11.7. The highest BCUT2D eigenvalue weighted by Gasteiger charge is 2.16. The van der Waals surface area contributed by atoms with Crippen molar-refractivity contribution in [2.24, 2.45) is 0 Å². The first kappa shape index (κ1) is 12.3. The van der Waals surface area contributed by atoms with Crippen molar-refractivity contribution in [2.75, 3.05) is 0 Å². The van der Waals surface area contributed by atoms with Crippen molar-refractivity contribution in [1.29, 1.82) is 0 Å². The maximum Gasteiger partial charge on any atom is 0.100 e. The molecule has 0 saturated heterocycles. The molecule has 16 heavy (non-hydrogen) atoms. The van der Waals surface area contributed by atoms with Crippen LogP contribution < -0.4 is 0 Å². The van der Waals surface area contributed by atoms with Crippen LogP contribution in [0.2, 0.25) is 8.67 Å². The average molecular weight is 294 g/mol. The molecule has 6 heteroatoms. The minimum atomic E-state index is -0.641. The number of hydrogen-bond donors (Lipinski definition) is 1. The predicted octanol–water partition coefficient (Wildman–Crippen LogP) is 4.10. The second-order valence-electron chi connectivity index (χ2n) is 3.36. The van der Waals surface area contributed by atoms with Gasteiger partial charge in [0.1, 0.15) is 4.34 Å². The maximum atomic E-state index is 10.0. The molecule has 2 heterocycles. The Morgan fingerprint density at radius 3 is 2.75 bits per heavy atom. The molecule has 2 aromatic rings. The van der Waals surface area contributed by atoms with Gasteiger partial charge in [-0.3, -0.25) is 0 Å². The fourth-order valence-electron chi connectivity index (χ4n) is 1.39. The summed E-state index contributed by atoms with van der Waals surface area (Å²) in [6, 6.07) is 1.71. The zero-order valence-corrected chi connectivity index (χ0v) is 11.6. The Hall–Kier alpha value is -0.130. The van der Waals surface area contributed by atoms with Crippen LogP contribution in [0.1, 0.15) is 22.4 Å². The van der Waals surface area contributed by atoms with Gasteiger partial charge >= 0.3 is 0 Å². The molecule has 1 N–H and O–H groups in total. The normalized spacial score (nSPS) is 13.0. The number of hydrogen-bond acceptors (Lipinski definition) is 4. The van der Waals surface area contributed by atoms with E-state index in [9.17, 15) is 5.11 Å². The molecule has 0 aliphatic heterocycles. The molecule has 0 aliphatic carbocycles. The third-order valence-corrected chi connectivity index (χ3v) is 4.45. The predicted molar refractivity (Wildman–Crippen MR) is 69.9 cm³/mol. The van der Waals surface area contributed by atoms with Crippen molar-refractivity contribution in [3.63, 3.8) is 0 Å². The molecule has 0 amide bonds. The molecule has 0 aliphatic rings. The highest BCUT2D eigenvalue weighted by Crippen LogP contribution is 2.36. The first-order valence-corrected chi connectivity index (χ1v) is 7.05. The topological polar surface area (TPSA) is 33.1 Å². The summed E-state index contributed by atoms with van der Waals surface area (Å²) < 4.78 is 1.14. The second kappa shape index (κ2) is 5.02. The highest BCUT2D eigenvalue weighted by atomic mass is 35.5. The van der Waals surface area contributed by atoms with E-state index >= 15 is 0 Å². The Labute approximate surface area is 111 Å². The number of nitrogens with zero attached hydrogens (tertiary/aromatic N) is 1. The molecule has 0 fully saturated rings. The Balaban J connectivity index is 2.14. The van der Waals surface area contributed by atoms with Crippen LogP contribution in [0.15, 0.2) is 11.4 Å². The second-order valence-corrected chi connectivity index (χ2v) is 6.71. The Bertz CT molecular complexity index is 495. The fourth-order valence-corrected chi connectivity index (χ4v) is 3.58. The van der Waals surface area contributed by atoms with Crippen LogP contribution in [0.3, 0.4) is 0 Å². The van der Waals surface area contributed by atoms with Crippen LogP contribution >= 0.6 is 45.9 Å². The third-order valence-electron chi connectivity index (χ3n) is 2.11. The van der Waals surface area contributed by atoms with Gasteiger partial charge < -0.3 is 5.11 Å². The summed E-state index contributed by atoms with van der Waals surface area (Å²) >= 11 is 14.6. The zero-order valence-electron chi connectivity index (χ0n) is 8.41. The molecule has 1 atom stereocenters. The largest absolute Gasteiger partial charge is 0.388 e. The van der Waals surface area contributed by atoms with Crippen molar-refractivity contribution in [3.05, 3.63) is 36.4 Å². The Kier molecular flexibility index (Phi) is 3.87. The first-order valence-electron chi connectivity index (χ1n) is 4.60. The number of aromatic nitrogens is 1. The molecule has 2 aromatic heterocycles. The summed E-state index contributed by atoms with van der Waals surface area (Å²) in [5.41, 5.74) is 1.57. The molecular formula is C10H9Cl2NOS2. The molecule has 2 rings (SSSR count). The minimum Gasteiger partial charge on any atom is -0.388 e. The summed E-state index contributed by atoms with van der Waals surface area (Å²) in [5.74, 6) is 0. The summed E-state index contributed by atoms with van der Waals surface area (Å²) in [6.07, 6.45) is -0.172. The van der Waals surface area contributed by atoms with Crippen LogP contribution in [0.5, 0.6) is 0 Å². The molecule has 86 valence electrons. The number of aliphatic hydroxyl groups excluding tert-OH is 1. The van der Waals surface area contributed by atoms with Gasteiger partial charge in [-0.05, 0) is 13.0 Å². The Morgan fingerprint density at radius 1 is 1.50 bits per heavy atom.